The van der Waals surface area contributed by atoms with E-state index >= 15 is 0 Å². The number of rotatable bonds is 3. The Labute approximate surface area is 182 Å². The molecule has 0 spiro atoms. The molecule has 0 unspecified atom stereocenters. The third kappa shape index (κ3) is 3.39. The predicted octanol–water partition coefficient (Wildman–Crippen LogP) is 5.25. The van der Waals surface area contributed by atoms with Gasteiger partial charge in [0.15, 0.2) is 0 Å². The van der Waals surface area contributed by atoms with Gasteiger partial charge in [0.25, 0.3) is 0 Å². The molecular weight excluding hydrogens is 446 g/mol. The van der Waals surface area contributed by atoms with Gasteiger partial charge in [-0.15, -0.1) is 0 Å². The number of carbonyl (C=O) groups excluding carboxylic acids is 2. The summed E-state index contributed by atoms with van der Waals surface area (Å²) in [4.78, 5) is 26.7. The first-order valence-corrected chi connectivity index (χ1v) is 10.0. The molecule has 5 nitrogen and oxygen atoms in total. The molecule has 0 aliphatic carbocycles. The highest BCUT2D eigenvalue weighted by atomic mass is 79.9. The molecule has 0 saturated heterocycles. The number of halogens is 1. The van der Waals surface area contributed by atoms with Gasteiger partial charge in [-0.3, -0.25) is 0 Å². The average Bonchev–Trinajstić information content (AvgIpc) is 3.01. The van der Waals surface area contributed by atoms with E-state index in [9.17, 15) is 9.59 Å². The van der Waals surface area contributed by atoms with Gasteiger partial charge >= 0.3 is 11.9 Å². The van der Waals surface area contributed by atoms with Crippen LogP contribution < -0.4 is 4.90 Å². The van der Waals surface area contributed by atoms with Crippen LogP contribution in [0.5, 0.6) is 0 Å². The zero-order valence-corrected chi connectivity index (χ0v) is 18.0. The maximum absolute atomic E-state index is 12.7. The lowest BCUT2D eigenvalue weighted by Gasteiger charge is -2.23. The molecule has 0 amide bonds. The van der Waals surface area contributed by atoms with Crippen molar-refractivity contribution in [3.8, 4) is 0 Å². The summed E-state index contributed by atoms with van der Waals surface area (Å²) < 4.78 is 10.9. The van der Waals surface area contributed by atoms with Crippen molar-refractivity contribution >= 4 is 55.1 Å². The van der Waals surface area contributed by atoms with Crippen molar-refractivity contribution in [3.05, 3.63) is 88.7 Å². The standard InChI is InChI=1S/C24H18BrNO4/c1-29-23(27)19-9-5-6-12-26(22(19)24(28)30-2)16-11-10-15-13-21(25)18-8-4-3-7-17(18)20(15)14-16/h3-14H,1-2H3. The van der Waals surface area contributed by atoms with Crippen LogP contribution in [0.2, 0.25) is 0 Å². The van der Waals surface area contributed by atoms with E-state index in [1.165, 1.54) is 14.2 Å². The minimum absolute atomic E-state index is 0.0927. The zero-order valence-electron chi connectivity index (χ0n) is 16.4. The third-order valence-electron chi connectivity index (χ3n) is 4.96. The number of allylic oxidation sites excluding steroid dienone is 2. The summed E-state index contributed by atoms with van der Waals surface area (Å²) in [5.41, 5.74) is 0.932. The highest BCUT2D eigenvalue weighted by Crippen LogP contribution is 2.35. The minimum Gasteiger partial charge on any atom is -0.465 e. The number of fused-ring (bicyclic) bond motifs is 3. The molecule has 0 bridgehead atoms. The minimum atomic E-state index is -0.632. The molecule has 0 radical (unpaired) electrons. The van der Waals surface area contributed by atoms with Crippen molar-refractivity contribution in [2.45, 2.75) is 0 Å². The second-order valence-electron chi connectivity index (χ2n) is 6.63. The summed E-state index contributed by atoms with van der Waals surface area (Å²) in [5, 5.41) is 4.26. The van der Waals surface area contributed by atoms with Gasteiger partial charge in [0, 0.05) is 16.4 Å². The van der Waals surface area contributed by atoms with E-state index in [4.69, 9.17) is 9.47 Å². The zero-order chi connectivity index (χ0) is 21.3. The lowest BCUT2D eigenvalue weighted by molar-refractivity contribution is -0.139. The Morgan fingerprint density at radius 3 is 2.33 bits per heavy atom. The summed E-state index contributed by atoms with van der Waals surface area (Å²) >= 11 is 3.64. The molecule has 3 aromatic rings. The second-order valence-corrected chi connectivity index (χ2v) is 7.48. The monoisotopic (exact) mass is 463 g/mol. The molecule has 6 heteroatoms. The Hall–Kier alpha value is -3.38. The number of hydrogen-bond donors (Lipinski definition) is 0. The first-order valence-electron chi connectivity index (χ1n) is 9.21. The number of anilines is 1. The summed E-state index contributed by atoms with van der Waals surface area (Å²) in [6, 6.07) is 16.0. The van der Waals surface area contributed by atoms with E-state index in [1.807, 2.05) is 30.3 Å². The maximum atomic E-state index is 12.7. The Morgan fingerprint density at radius 2 is 1.60 bits per heavy atom. The second kappa shape index (κ2) is 8.16. The van der Waals surface area contributed by atoms with Crippen molar-refractivity contribution in [3.63, 3.8) is 0 Å². The molecule has 1 heterocycles. The van der Waals surface area contributed by atoms with Crippen LogP contribution in [0.1, 0.15) is 0 Å². The van der Waals surface area contributed by atoms with Crippen molar-refractivity contribution in [1.29, 1.82) is 0 Å². The molecule has 0 N–H and O–H groups in total. The van der Waals surface area contributed by atoms with Gasteiger partial charge in [-0.05, 0) is 51.9 Å². The summed E-state index contributed by atoms with van der Waals surface area (Å²) in [6.07, 6.45) is 6.70. The largest absolute Gasteiger partial charge is 0.465 e. The molecule has 1 aliphatic rings. The van der Waals surface area contributed by atoms with Crippen molar-refractivity contribution in [1.82, 2.24) is 0 Å². The maximum Gasteiger partial charge on any atom is 0.355 e. The average molecular weight is 464 g/mol. The van der Waals surface area contributed by atoms with Crippen molar-refractivity contribution < 1.29 is 19.1 Å². The number of carbonyl (C=O) groups is 2. The van der Waals surface area contributed by atoms with Gasteiger partial charge in [-0.2, -0.15) is 0 Å². The highest BCUT2D eigenvalue weighted by molar-refractivity contribution is 9.10. The smallest absolute Gasteiger partial charge is 0.355 e. The van der Waals surface area contributed by atoms with Crippen LogP contribution in [-0.2, 0) is 19.1 Å². The van der Waals surface area contributed by atoms with Crippen molar-refractivity contribution in [2.75, 3.05) is 19.1 Å². The highest BCUT2D eigenvalue weighted by Gasteiger charge is 2.27. The molecule has 0 saturated carbocycles. The predicted molar refractivity (Wildman–Crippen MR) is 121 cm³/mol. The lowest BCUT2D eigenvalue weighted by Crippen LogP contribution is -2.26. The Balaban J connectivity index is 1.97. The van der Waals surface area contributed by atoms with Gasteiger partial charge in [0.2, 0.25) is 0 Å². The fourth-order valence-electron chi connectivity index (χ4n) is 3.56. The summed E-state index contributed by atoms with van der Waals surface area (Å²) in [7, 11) is 2.56. The van der Waals surface area contributed by atoms with E-state index in [0.717, 1.165) is 31.7 Å². The number of nitrogens with zero attached hydrogens (tertiary/aromatic N) is 1. The van der Waals surface area contributed by atoms with E-state index in [-0.39, 0.29) is 11.3 Å². The van der Waals surface area contributed by atoms with Crippen LogP contribution in [0.3, 0.4) is 0 Å². The molecule has 0 aromatic heterocycles. The Kier molecular flexibility index (Phi) is 5.42. The SMILES string of the molecule is COC(=O)C1=C(C(=O)OC)N(c2ccc3cc(Br)c4ccccc4c3c2)C=CC=C1. The molecule has 0 atom stereocenters. The third-order valence-corrected chi connectivity index (χ3v) is 5.62. The molecule has 3 aromatic carbocycles. The fourth-order valence-corrected chi connectivity index (χ4v) is 4.15. The molecular formula is C24H18BrNO4. The molecule has 1 aliphatic heterocycles. The van der Waals surface area contributed by atoms with Crippen molar-refractivity contribution in [2.24, 2.45) is 0 Å². The topological polar surface area (TPSA) is 55.8 Å². The number of benzene rings is 3. The van der Waals surface area contributed by atoms with Crippen LogP contribution in [0, 0.1) is 0 Å². The number of ether oxygens (including phenoxy) is 2. The molecule has 4 rings (SSSR count). The fraction of sp³-hybridized carbons (Fsp3) is 0.0833. The quantitative estimate of drug-likeness (QED) is 0.392. The Morgan fingerprint density at radius 1 is 0.867 bits per heavy atom. The van der Waals surface area contributed by atoms with Gasteiger partial charge in [-0.25, -0.2) is 9.59 Å². The van der Waals surface area contributed by atoms with Crippen LogP contribution in [0.4, 0.5) is 5.69 Å². The van der Waals surface area contributed by atoms with Crippen LogP contribution in [0.15, 0.2) is 88.7 Å². The summed E-state index contributed by atoms with van der Waals surface area (Å²) in [5.74, 6) is -1.25. The van der Waals surface area contributed by atoms with E-state index in [1.54, 1.807) is 29.3 Å². The lowest BCUT2D eigenvalue weighted by atomic mass is 10.0. The number of hydrogen-bond acceptors (Lipinski definition) is 5. The number of methoxy groups -OCH3 is 2. The van der Waals surface area contributed by atoms with Crippen LogP contribution in [-0.4, -0.2) is 26.2 Å². The van der Waals surface area contributed by atoms with Gasteiger partial charge < -0.3 is 14.4 Å². The van der Waals surface area contributed by atoms with Crippen LogP contribution >= 0.6 is 15.9 Å². The molecule has 30 heavy (non-hydrogen) atoms. The normalized spacial score (nSPS) is 13.6. The van der Waals surface area contributed by atoms with Crippen LogP contribution in [0.25, 0.3) is 21.5 Å². The van der Waals surface area contributed by atoms with Gasteiger partial charge in [-0.1, -0.05) is 52.3 Å². The summed E-state index contributed by atoms with van der Waals surface area (Å²) in [6.45, 7) is 0. The Bertz CT molecular complexity index is 1270. The first-order chi connectivity index (χ1) is 14.5. The van der Waals surface area contributed by atoms with E-state index in [2.05, 4.69) is 34.1 Å². The van der Waals surface area contributed by atoms with E-state index in [0.29, 0.717) is 0 Å². The first kappa shape index (κ1) is 19.9. The van der Waals surface area contributed by atoms with E-state index < -0.39 is 11.9 Å². The van der Waals surface area contributed by atoms with Gasteiger partial charge in [0.05, 0.1) is 19.8 Å². The molecule has 0 fully saturated rings. The molecule has 150 valence electrons. The van der Waals surface area contributed by atoms with Gasteiger partial charge in [0.1, 0.15) is 5.70 Å². The number of esters is 2.